The Balaban J connectivity index is 1.41. The van der Waals surface area contributed by atoms with Crippen molar-refractivity contribution in [3.8, 4) is 11.5 Å². The normalized spacial score (nSPS) is 11.1. The van der Waals surface area contributed by atoms with E-state index in [1.807, 2.05) is 64.1 Å². The van der Waals surface area contributed by atoms with E-state index in [-0.39, 0.29) is 5.91 Å². The minimum Gasteiger partial charge on any atom is -0.352 e. The van der Waals surface area contributed by atoms with E-state index in [1.54, 1.807) is 6.20 Å². The van der Waals surface area contributed by atoms with Crippen molar-refractivity contribution in [3.63, 3.8) is 0 Å². The topological polar surface area (TPSA) is 55.1 Å². The van der Waals surface area contributed by atoms with Crippen molar-refractivity contribution in [2.24, 2.45) is 0 Å². The number of hydrogen-bond donors (Lipinski definition) is 1. The van der Waals surface area contributed by atoms with E-state index in [4.69, 9.17) is 0 Å². The van der Waals surface area contributed by atoms with E-state index in [0.717, 1.165) is 37.6 Å². The fourth-order valence-corrected chi connectivity index (χ4v) is 3.89. The number of aromatic nitrogens is 3. The van der Waals surface area contributed by atoms with Gasteiger partial charge >= 0.3 is 0 Å². The summed E-state index contributed by atoms with van der Waals surface area (Å²) >= 11 is 0. The number of amides is 1. The summed E-state index contributed by atoms with van der Waals surface area (Å²) in [5, 5.41) is 7.62. The highest BCUT2D eigenvalue weighted by atomic mass is 16.1. The molecule has 0 aliphatic heterocycles. The van der Waals surface area contributed by atoms with Crippen molar-refractivity contribution in [2.45, 2.75) is 26.8 Å². The molecule has 0 saturated carbocycles. The van der Waals surface area contributed by atoms with E-state index in [0.29, 0.717) is 12.1 Å². The van der Waals surface area contributed by atoms with Crippen molar-refractivity contribution < 1.29 is 4.79 Å². The van der Waals surface area contributed by atoms with Crippen LogP contribution in [-0.2, 0) is 6.54 Å². The quantitative estimate of drug-likeness (QED) is 0.366. The Bertz CT molecular complexity index is 1150. The summed E-state index contributed by atoms with van der Waals surface area (Å²) in [6.45, 7) is 7.67. The Morgan fingerprint density at radius 2 is 1.73 bits per heavy atom. The maximum Gasteiger partial charge on any atom is 0.256 e. The molecule has 0 radical (unpaired) electrons. The third-order valence-corrected chi connectivity index (χ3v) is 5.75. The van der Waals surface area contributed by atoms with Crippen LogP contribution in [0.4, 0.5) is 0 Å². The first-order valence-corrected chi connectivity index (χ1v) is 11.5. The fraction of sp³-hybridized carbons (Fsp3) is 0.259. The largest absolute Gasteiger partial charge is 0.352 e. The highest BCUT2D eigenvalue weighted by molar-refractivity contribution is 5.97. The van der Waals surface area contributed by atoms with Gasteiger partial charge in [0.05, 0.1) is 11.9 Å². The molecule has 0 aliphatic rings. The maximum atomic E-state index is 13.1. The molecular formula is C27H31N5O. The van der Waals surface area contributed by atoms with Gasteiger partial charge in [0.1, 0.15) is 5.56 Å². The van der Waals surface area contributed by atoms with E-state index in [1.165, 1.54) is 11.1 Å². The first-order valence-electron chi connectivity index (χ1n) is 11.5. The van der Waals surface area contributed by atoms with Crippen LogP contribution in [0.3, 0.4) is 0 Å². The number of benzene rings is 2. The summed E-state index contributed by atoms with van der Waals surface area (Å²) in [7, 11) is 0. The standard InChI is InChI=1S/C27H31N5O/c1-3-30(21-23-10-5-4-6-11-23)17-9-16-28-26(33)25-20-29-32(24-14-12-22(2)13-15-24)27(25)31-18-7-8-19-31/h4-8,10-15,18-20H,3,9,16-17,21H2,1-2H3,(H,28,33). The third-order valence-electron chi connectivity index (χ3n) is 5.75. The predicted molar refractivity (Wildman–Crippen MR) is 132 cm³/mol. The van der Waals surface area contributed by atoms with Crippen LogP contribution in [-0.4, -0.2) is 44.8 Å². The summed E-state index contributed by atoms with van der Waals surface area (Å²) in [4.78, 5) is 15.5. The second kappa shape index (κ2) is 10.8. The molecule has 0 spiro atoms. The van der Waals surface area contributed by atoms with Crippen molar-refractivity contribution in [1.82, 2.24) is 24.6 Å². The Morgan fingerprint density at radius 1 is 1.00 bits per heavy atom. The first kappa shape index (κ1) is 22.6. The monoisotopic (exact) mass is 441 g/mol. The second-order valence-corrected chi connectivity index (χ2v) is 8.18. The average Bonchev–Trinajstić information content (AvgIpc) is 3.52. The Labute approximate surface area is 195 Å². The molecule has 4 aromatic rings. The molecule has 170 valence electrons. The number of carbonyl (C=O) groups is 1. The lowest BCUT2D eigenvalue weighted by molar-refractivity contribution is 0.0951. The number of hydrogen-bond acceptors (Lipinski definition) is 3. The Kier molecular flexibility index (Phi) is 7.37. The van der Waals surface area contributed by atoms with Crippen LogP contribution >= 0.6 is 0 Å². The fourth-order valence-electron chi connectivity index (χ4n) is 3.89. The molecule has 1 N–H and O–H groups in total. The zero-order valence-corrected chi connectivity index (χ0v) is 19.3. The van der Waals surface area contributed by atoms with Crippen molar-refractivity contribution in [1.29, 1.82) is 0 Å². The molecule has 6 nitrogen and oxygen atoms in total. The zero-order chi connectivity index (χ0) is 23.0. The Morgan fingerprint density at radius 3 is 2.42 bits per heavy atom. The minimum absolute atomic E-state index is 0.108. The van der Waals surface area contributed by atoms with Crippen LogP contribution in [0.25, 0.3) is 11.5 Å². The molecule has 2 aromatic carbocycles. The predicted octanol–water partition coefficient (Wildman–Crippen LogP) is 4.61. The Hall–Kier alpha value is -3.64. The molecule has 0 fully saturated rings. The molecule has 0 bridgehead atoms. The van der Waals surface area contributed by atoms with Gasteiger partial charge in [0, 0.05) is 32.0 Å². The maximum absolute atomic E-state index is 13.1. The van der Waals surface area contributed by atoms with Crippen LogP contribution in [0, 0.1) is 6.92 Å². The number of nitrogens with zero attached hydrogens (tertiary/aromatic N) is 4. The van der Waals surface area contributed by atoms with Crippen molar-refractivity contribution >= 4 is 5.91 Å². The van der Waals surface area contributed by atoms with E-state index >= 15 is 0 Å². The molecule has 0 atom stereocenters. The molecule has 2 heterocycles. The van der Waals surface area contributed by atoms with E-state index in [9.17, 15) is 4.79 Å². The van der Waals surface area contributed by atoms with Crippen LogP contribution < -0.4 is 5.32 Å². The SMILES string of the molecule is CCN(CCCNC(=O)c1cnn(-c2ccc(C)cc2)c1-n1cccc1)Cc1ccccc1. The number of rotatable bonds is 10. The van der Waals surface area contributed by atoms with Crippen molar-refractivity contribution in [2.75, 3.05) is 19.6 Å². The average molecular weight is 442 g/mol. The summed E-state index contributed by atoms with van der Waals surface area (Å²) < 4.78 is 3.74. The van der Waals surface area contributed by atoms with Gasteiger partial charge in [0.25, 0.3) is 5.91 Å². The molecule has 1 amide bonds. The lowest BCUT2D eigenvalue weighted by Crippen LogP contribution is -2.30. The molecule has 2 aromatic heterocycles. The molecule has 4 rings (SSSR count). The van der Waals surface area contributed by atoms with Gasteiger partial charge in [-0.25, -0.2) is 4.68 Å². The van der Waals surface area contributed by atoms with Crippen LogP contribution in [0.1, 0.15) is 34.8 Å². The first-order chi connectivity index (χ1) is 16.2. The van der Waals surface area contributed by atoms with E-state index < -0.39 is 0 Å². The molecule has 0 aliphatic carbocycles. The summed E-state index contributed by atoms with van der Waals surface area (Å²) in [5.74, 6) is 0.629. The van der Waals surface area contributed by atoms with Gasteiger partial charge in [-0.2, -0.15) is 5.10 Å². The van der Waals surface area contributed by atoms with E-state index in [2.05, 4.69) is 53.4 Å². The molecule has 0 saturated heterocycles. The summed E-state index contributed by atoms with van der Waals surface area (Å²) in [5.41, 5.74) is 3.97. The van der Waals surface area contributed by atoms with Gasteiger partial charge in [-0.3, -0.25) is 9.69 Å². The van der Waals surface area contributed by atoms with Gasteiger partial charge in [-0.05, 0) is 49.7 Å². The van der Waals surface area contributed by atoms with Crippen molar-refractivity contribution in [3.05, 3.63) is 102 Å². The molecule has 6 heteroatoms. The number of aryl methyl sites for hydroxylation is 1. The van der Waals surface area contributed by atoms with Crippen LogP contribution in [0.2, 0.25) is 0 Å². The van der Waals surface area contributed by atoms with Gasteiger partial charge < -0.3 is 9.88 Å². The summed E-state index contributed by atoms with van der Waals surface area (Å²) in [6.07, 6.45) is 6.40. The lowest BCUT2D eigenvalue weighted by atomic mass is 10.2. The third kappa shape index (κ3) is 5.59. The lowest BCUT2D eigenvalue weighted by Gasteiger charge is -2.20. The van der Waals surface area contributed by atoms with Gasteiger partial charge in [0.15, 0.2) is 5.82 Å². The van der Waals surface area contributed by atoms with Gasteiger partial charge in [0.2, 0.25) is 0 Å². The highest BCUT2D eigenvalue weighted by Crippen LogP contribution is 2.20. The smallest absolute Gasteiger partial charge is 0.256 e. The van der Waals surface area contributed by atoms with Gasteiger partial charge in [-0.15, -0.1) is 0 Å². The zero-order valence-electron chi connectivity index (χ0n) is 19.3. The number of nitrogens with one attached hydrogen (secondary N) is 1. The van der Waals surface area contributed by atoms with Crippen LogP contribution in [0.15, 0.2) is 85.3 Å². The highest BCUT2D eigenvalue weighted by Gasteiger charge is 2.19. The minimum atomic E-state index is -0.108. The van der Waals surface area contributed by atoms with Crippen LogP contribution in [0.5, 0.6) is 0 Å². The molecular weight excluding hydrogens is 410 g/mol. The second-order valence-electron chi connectivity index (χ2n) is 8.18. The molecule has 33 heavy (non-hydrogen) atoms. The molecule has 0 unspecified atom stereocenters. The summed E-state index contributed by atoms with van der Waals surface area (Å²) in [6, 6.07) is 22.5. The number of carbonyl (C=O) groups excluding carboxylic acids is 1. The van der Waals surface area contributed by atoms with Gasteiger partial charge in [-0.1, -0.05) is 55.0 Å².